The summed E-state index contributed by atoms with van der Waals surface area (Å²) >= 11 is 0. The number of hydrogen-bond acceptors (Lipinski definition) is 8. The summed E-state index contributed by atoms with van der Waals surface area (Å²) in [7, 11) is -3.41. The van der Waals surface area contributed by atoms with Crippen LogP contribution in [0.5, 0.6) is 0 Å². The number of hydrogen-bond donors (Lipinski definition) is 1. The number of morpholine rings is 1. The van der Waals surface area contributed by atoms with Gasteiger partial charge in [-0.15, -0.1) is 0 Å². The van der Waals surface area contributed by atoms with E-state index in [0.717, 1.165) is 77.2 Å². The maximum atomic E-state index is 12.0. The van der Waals surface area contributed by atoms with E-state index >= 15 is 0 Å². The lowest BCUT2D eigenvalue weighted by molar-refractivity contribution is -0.113. The van der Waals surface area contributed by atoms with Crippen LogP contribution in [0.1, 0.15) is 11.4 Å². The SMILES string of the molecule is CS(=O)(=O)CC(=O)Nc1ccc(-c2cnc(N3CCOCC3)c3nc(CCc4ccc5ccccc5n4)cn23)cc1. The molecule has 0 bridgehead atoms. The first-order valence-electron chi connectivity index (χ1n) is 13.4. The molecule has 0 saturated carbocycles. The van der Waals surface area contributed by atoms with Gasteiger partial charge in [-0.2, -0.15) is 0 Å². The summed E-state index contributed by atoms with van der Waals surface area (Å²) in [6.45, 7) is 2.77. The summed E-state index contributed by atoms with van der Waals surface area (Å²) in [6, 6.07) is 19.5. The Bertz CT molecular complexity index is 1830. The van der Waals surface area contributed by atoms with Gasteiger partial charge in [-0.3, -0.25) is 14.2 Å². The van der Waals surface area contributed by atoms with Crippen molar-refractivity contribution in [2.24, 2.45) is 0 Å². The number of nitrogens with one attached hydrogen (secondary N) is 1. The van der Waals surface area contributed by atoms with Gasteiger partial charge in [0.05, 0.1) is 36.3 Å². The fourth-order valence-corrected chi connectivity index (χ4v) is 5.56. The van der Waals surface area contributed by atoms with Gasteiger partial charge in [0.2, 0.25) is 5.91 Å². The van der Waals surface area contributed by atoms with E-state index in [2.05, 4.69) is 39.0 Å². The highest BCUT2D eigenvalue weighted by atomic mass is 32.2. The molecule has 1 fully saturated rings. The average molecular weight is 571 g/mol. The van der Waals surface area contributed by atoms with Crippen molar-refractivity contribution in [2.45, 2.75) is 12.8 Å². The van der Waals surface area contributed by atoms with Crippen LogP contribution in [0, 0.1) is 0 Å². The Labute approximate surface area is 237 Å². The molecule has 11 heteroatoms. The lowest BCUT2D eigenvalue weighted by Gasteiger charge is -2.28. The van der Waals surface area contributed by atoms with Crippen LogP contribution < -0.4 is 10.2 Å². The molecule has 1 aliphatic heterocycles. The highest BCUT2D eigenvalue weighted by molar-refractivity contribution is 7.91. The number of carbonyl (C=O) groups excluding carboxylic acids is 1. The first kappa shape index (κ1) is 26.9. The van der Waals surface area contributed by atoms with E-state index in [-0.39, 0.29) is 0 Å². The summed E-state index contributed by atoms with van der Waals surface area (Å²) in [5.41, 5.74) is 5.97. The Balaban J connectivity index is 1.29. The van der Waals surface area contributed by atoms with Crippen molar-refractivity contribution in [3.8, 4) is 11.3 Å². The third-order valence-corrected chi connectivity index (χ3v) is 7.77. The molecule has 1 aliphatic rings. The van der Waals surface area contributed by atoms with Crippen LogP contribution in [-0.2, 0) is 32.2 Å². The molecular weight excluding hydrogens is 540 g/mol. The summed E-state index contributed by atoms with van der Waals surface area (Å²) in [4.78, 5) is 28.9. The van der Waals surface area contributed by atoms with E-state index in [9.17, 15) is 13.2 Å². The number of carbonyl (C=O) groups is 1. The minimum absolute atomic E-state index is 0.519. The van der Waals surface area contributed by atoms with E-state index in [1.807, 2.05) is 36.5 Å². The van der Waals surface area contributed by atoms with Crippen LogP contribution in [0.15, 0.2) is 73.1 Å². The second-order valence-corrected chi connectivity index (χ2v) is 12.3. The Morgan fingerprint density at radius 2 is 1.71 bits per heavy atom. The maximum absolute atomic E-state index is 12.0. The Morgan fingerprint density at radius 1 is 0.951 bits per heavy atom. The van der Waals surface area contributed by atoms with Crippen LogP contribution in [0.4, 0.5) is 11.5 Å². The zero-order chi connectivity index (χ0) is 28.4. The quantitative estimate of drug-likeness (QED) is 0.301. The van der Waals surface area contributed by atoms with Crippen LogP contribution in [0.3, 0.4) is 0 Å². The molecule has 3 aromatic heterocycles. The minimum Gasteiger partial charge on any atom is -0.378 e. The van der Waals surface area contributed by atoms with Gasteiger partial charge in [0, 0.05) is 47.9 Å². The van der Waals surface area contributed by atoms with Crippen molar-refractivity contribution >= 4 is 43.8 Å². The van der Waals surface area contributed by atoms with Gasteiger partial charge in [-0.05, 0) is 37.1 Å². The summed E-state index contributed by atoms with van der Waals surface area (Å²) in [5, 5.41) is 3.76. The van der Waals surface area contributed by atoms with E-state index in [1.54, 1.807) is 12.1 Å². The van der Waals surface area contributed by atoms with Gasteiger partial charge in [0.1, 0.15) is 5.75 Å². The van der Waals surface area contributed by atoms with Crippen molar-refractivity contribution in [2.75, 3.05) is 48.5 Å². The molecule has 1 amide bonds. The van der Waals surface area contributed by atoms with Crippen LogP contribution in [-0.4, -0.2) is 72.0 Å². The molecule has 41 heavy (non-hydrogen) atoms. The number of anilines is 2. The molecule has 0 unspecified atom stereocenters. The monoisotopic (exact) mass is 570 g/mol. The van der Waals surface area contributed by atoms with Crippen molar-refractivity contribution < 1.29 is 17.9 Å². The smallest absolute Gasteiger partial charge is 0.239 e. The normalized spacial score (nSPS) is 14.0. The van der Waals surface area contributed by atoms with Gasteiger partial charge in [0.25, 0.3) is 0 Å². The summed E-state index contributed by atoms with van der Waals surface area (Å²) in [6.07, 6.45) is 6.41. The number of nitrogens with zero attached hydrogens (tertiary/aromatic N) is 5. The van der Waals surface area contributed by atoms with E-state index in [1.165, 1.54) is 0 Å². The molecule has 4 heterocycles. The first-order chi connectivity index (χ1) is 19.8. The van der Waals surface area contributed by atoms with Gasteiger partial charge in [-0.25, -0.2) is 18.4 Å². The zero-order valence-electron chi connectivity index (χ0n) is 22.7. The van der Waals surface area contributed by atoms with Gasteiger partial charge < -0.3 is 15.0 Å². The number of fused-ring (bicyclic) bond motifs is 2. The number of imidazole rings is 1. The molecule has 10 nitrogen and oxygen atoms in total. The fourth-order valence-electron chi connectivity index (χ4n) is 5.01. The number of amides is 1. The lowest BCUT2D eigenvalue weighted by Crippen LogP contribution is -2.37. The van der Waals surface area contributed by atoms with Crippen LogP contribution in [0.25, 0.3) is 27.8 Å². The van der Waals surface area contributed by atoms with Crippen molar-refractivity contribution in [3.05, 3.63) is 84.4 Å². The van der Waals surface area contributed by atoms with E-state index in [0.29, 0.717) is 18.9 Å². The Hall–Kier alpha value is -4.35. The fraction of sp³-hybridized carbons (Fsp3) is 0.267. The number of aromatic nitrogens is 4. The highest BCUT2D eigenvalue weighted by Gasteiger charge is 2.20. The van der Waals surface area contributed by atoms with Crippen LogP contribution >= 0.6 is 0 Å². The number of ether oxygens (including phenoxy) is 1. The molecule has 5 aromatic rings. The van der Waals surface area contributed by atoms with E-state index < -0.39 is 21.5 Å². The summed E-state index contributed by atoms with van der Waals surface area (Å²) in [5.74, 6) is -0.314. The number of rotatable bonds is 8. The summed E-state index contributed by atoms with van der Waals surface area (Å²) < 4.78 is 30.5. The van der Waals surface area contributed by atoms with Crippen LogP contribution in [0.2, 0.25) is 0 Å². The third kappa shape index (κ3) is 6.21. The molecular formula is C30H30N6O4S. The van der Waals surface area contributed by atoms with Crippen molar-refractivity contribution in [3.63, 3.8) is 0 Å². The average Bonchev–Trinajstić information content (AvgIpc) is 3.40. The molecule has 1 N–H and O–H groups in total. The molecule has 0 spiro atoms. The topological polar surface area (TPSA) is 119 Å². The molecule has 0 atom stereocenters. The Morgan fingerprint density at radius 3 is 2.49 bits per heavy atom. The first-order valence-corrected chi connectivity index (χ1v) is 15.5. The number of aryl methyl sites for hydroxylation is 2. The maximum Gasteiger partial charge on any atom is 0.239 e. The predicted molar refractivity (Wildman–Crippen MR) is 159 cm³/mol. The largest absolute Gasteiger partial charge is 0.378 e. The number of para-hydroxylation sites is 1. The van der Waals surface area contributed by atoms with Gasteiger partial charge >= 0.3 is 0 Å². The molecule has 0 aliphatic carbocycles. The van der Waals surface area contributed by atoms with E-state index in [4.69, 9.17) is 19.7 Å². The molecule has 6 rings (SSSR count). The standard InChI is InChI=1S/C30H30N6O4S/c1-41(38,39)20-28(37)33-24-10-7-22(8-11-24)27-18-31-29(35-14-16-40-17-15-35)30-34-25(19-36(27)30)13-12-23-9-6-21-4-2-3-5-26(21)32-23/h2-11,18-19H,12-17,20H2,1H3,(H,33,37). The number of sulfone groups is 1. The van der Waals surface area contributed by atoms with Gasteiger partial charge in [-0.1, -0.05) is 36.4 Å². The minimum atomic E-state index is -3.41. The zero-order valence-corrected chi connectivity index (χ0v) is 23.5. The highest BCUT2D eigenvalue weighted by Crippen LogP contribution is 2.28. The van der Waals surface area contributed by atoms with Gasteiger partial charge in [0.15, 0.2) is 21.3 Å². The Kier molecular flexibility index (Phi) is 7.38. The van der Waals surface area contributed by atoms with Crippen molar-refractivity contribution in [1.29, 1.82) is 0 Å². The molecule has 2 aromatic carbocycles. The second-order valence-electron chi connectivity index (χ2n) is 10.2. The molecule has 0 radical (unpaired) electrons. The number of pyridine rings is 1. The number of benzene rings is 2. The second kappa shape index (κ2) is 11.3. The third-order valence-electron chi connectivity index (χ3n) is 6.99. The lowest BCUT2D eigenvalue weighted by atomic mass is 10.1. The van der Waals surface area contributed by atoms with Crippen molar-refractivity contribution in [1.82, 2.24) is 19.4 Å². The predicted octanol–water partition coefficient (Wildman–Crippen LogP) is 3.55. The molecule has 210 valence electrons. The molecule has 1 saturated heterocycles.